The number of ether oxygens (including phenoxy) is 2. The Morgan fingerprint density at radius 2 is 1.88 bits per heavy atom. The van der Waals surface area contributed by atoms with Gasteiger partial charge in [-0.1, -0.05) is 0 Å². The summed E-state index contributed by atoms with van der Waals surface area (Å²) in [5.41, 5.74) is 0. The largest absolute Gasteiger partial charge is 0.380 e. The Morgan fingerprint density at radius 3 is 2.41 bits per heavy atom. The van der Waals surface area contributed by atoms with Gasteiger partial charge in [-0.25, -0.2) is 0 Å². The van der Waals surface area contributed by atoms with Crippen LogP contribution in [0.5, 0.6) is 0 Å². The second kappa shape index (κ2) is 6.93. The molecule has 1 heterocycles. The zero-order chi connectivity index (χ0) is 12.8. The zero-order valence-electron chi connectivity index (χ0n) is 11.2. The molecule has 3 atom stereocenters. The molecule has 0 radical (unpaired) electrons. The second-order valence-corrected chi connectivity index (χ2v) is 4.56. The van der Waals surface area contributed by atoms with Gasteiger partial charge < -0.3 is 19.7 Å². The van der Waals surface area contributed by atoms with Gasteiger partial charge in [-0.05, 0) is 20.8 Å². The number of carbonyl (C=O) groups is 1. The monoisotopic (exact) mass is 244 g/mol. The molecule has 1 amide bonds. The number of amides is 1. The van der Waals surface area contributed by atoms with Crippen LogP contribution in [0.2, 0.25) is 0 Å². The first kappa shape index (κ1) is 14.4. The molecule has 0 spiro atoms. The number of carbonyl (C=O) groups excluding carboxylic acids is 1. The van der Waals surface area contributed by atoms with Crippen LogP contribution in [0, 0.1) is 0 Å². The van der Waals surface area contributed by atoms with Crippen molar-refractivity contribution in [2.75, 3.05) is 33.4 Å². The van der Waals surface area contributed by atoms with Crippen molar-refractivity contribution in [1.82, 2.24) is 10.2 Å². The number of morpholine rings is 1. The SMILES string of the molecule is COC(C)C(C)NC(C)C(=O)N1CCOCC1. The lowest BCUT2D eigenvalue weighted by Crippen LogP contribution is -2.52. The molecule has 0 bridgehead atoms. The van der Waals surface area contributed by atoms with Crippen molar-refractivity contribution in [3.8, 4) is 0 Å². The lowest BCUT2D eigenvalue weighted by molar-refractivity contribution is -0.137. The lowest BCUT2D eigenvalue weighted by Gasteiger charge is -2.31. The fourth-order valence-corrected chi connectivity index (χ4v) is 1.86. The first-order valence-electron chi connectivity index (χ1n) is 6.21. The minimum absolute atomic E-state index is 0.0925. The van der Waals surface area contributed by atoms with E-state index in [4.69, 9.17) is 9.47 Å². The highest BCUT2D eigenvalue weighted by atomic mass is 16.5. The second-order valence-electron chi connectivity index (χ2n) is 4.56. The van der Waals surface area contributed by atoms with E-state index >= 15 is 0 Å². The van der Waals surface area contributed by atoms with Crippen LogP contribution in [-0.4, -0.2) is 62.4 Å². The molecule has 17 heavy (non-hydrogen) atoms. The topological polar surface area (TPSA) is 50.8 Å². The molecule has 5 nitrogen and oxygen atoms in total. The molecule has 1 aliphatic rings. The summed E-state index contributed by atoms with van der Waals surface area (Å²) in [5.74, 6) is 0.142. The molecule has 1 N–H and O–H groups in total. The van der Waals surface area contributed by atoms with E-state index in [1.807, 2.05) is 25.7 Å². The summed E-state index contributed by atoms with van der Waals surface area (Å²) in [7, 11) is 1.68. The van der Waals surface area contributed by atoms with Gasteiger partial charge in [0.05, 0.1) is 25.4 Å². The van der Waals surface area contributed by atoms with Crippen molar-refractivity contribution in [2.45, 2.75) is 39.0 Å². The Bertz CT molecular complexity index is 242. The molecule has 0 aromatic rings. The van der Waals surface area contributed by atoms with E-state index in [0.29, 0.717) is 26.3 Å². The summed E-state index contributed by atoms with van der Waals surface area (Å²) >= 11 is 0. The maximum absolute atomic E-state index is 12.1. The highest BCUT2D eigenvalue weighted by molar-refractivity contribution is 5.81. The number of hydrogen-bond donors (Lipinski definition) is 1. The van der Waals surface area contributed by atoms with E-state index in [1.165, 1.54) is 0 Å². The molecule has 1 rings (SSSR count). The van der Waals surface area contributed by atoms with Crippen LogP contribution in [0.15, 0.2) is 0 Å². The van der Waals surface area contributed by atoms with Crippen molar-refractivity contribution in [3.05, 3.63) is 0 Å². The summed E-state index contributed by atoms with van der Waals surface area (Å²) in [5, 5.41) is 3.27. The van der Waals surface area contributed by atoms with Crippen molar-refractivity contribution < 1.29 is 14.3 Å². The Balaban J connectivity index is 2.40. The van der Waals surface area contributed by atoms with Crippen molar-refractivity contribution in [2.24, 2.45) is 0 Å². The fraction of sp³-hybridized carbons (Fsp3) is 0.917. The maximum atomic E-state index is 12.1. The van der Waals surface area contributed by atoms with Gasteiger partial charge in [-0.15, -0.1) is 0 Å². The Labute approximate surface area is 103 Å². The van der Waals surface area contributed by atoms with Gasteiger partial charge in [-0.3, -0.25) is 4.79 Å². The number of methoxy groups -OCH3 is 1. The van der Waals surface area contributed by atoms with Gasteiger partial charge in [0.1, 0.15) is 0 Å². The Morgan fingerprint density at radius 1 is 1.29 bits per heavy atom. The molecule has 3 unspecified atom stereocenters. The highest BCUT2D eigenvalue weighted by Gasteiger charge is 2.24. The molecule has 5 heteroatoms. The average Bonchev–Trinajstić information content (AvgIpc) is 2.37. The molecular formula is C12H24N2O3. The molecule has 0 saturated carbocycles. The normalized spacial score (nSPS) is 22.0. The predicted molar refractivity (Wildman–Crippen MR) is 65.9 cm³/mol. The molecule has 1 saturated heterocycles. The third-order valence-electron chi connectivity index (χ3n) is 3.28. The first-order chi connectivity index (χ1) is 8.06. The van der Waals surface area contributed by atoms with Crippen LogP contribution in [-0.2, 0) is 14.3 Å². The van der Waals surface area contributed by atoms with Crippen LogP contribution < -0.4 is 5.32 Å². The molecule has 0 aromatic carbocycles. The molecule has 0 aromatic heterocycles. The number of nitrogens with one attached hydrogen (secondary N) is 1. The predicted octanol–water partition coefficient (Wildman–Crippen LogP) is 0.247. The van der Waals surface area contributed by atoms with Crippen LogP contribution in [0.25, 0.3) is 0 Å². The minimum Gasteiger partial charge on any atom is -0.380 e. The molecule has 100 valence electrons. The summed E-state index contributed by atoms with van der Waals surface area (Å²) < 4.78 is 10.5. The number of nitrogens with zero attached hydrogens (tertiary/aromatic N) is 1. The van der Waals surface area contributed by atoms with Gasteiger partial charge in [0.25, 0.3) is 0 Å². The molecule has 1 aliphatic heterocycles. The summed E-state index contributed by atoms with van der Waals surface area (Å²) in [6.45, 7) is 8.58. The average molecular weight is 244 g/mol. The quantitative estimate of drug-likeness (QED) is 0.753. The Kier molecular flexibility index (Phi) is 5.88. The third kappa shape index (κ3) is 4.26. The smallest absolute Gasteiger partial charge is 0.239 e. The molecular weight excluding hydrogens is 220 g/mol. The van der Waals surface area contributed by atoms with Crippen molar-refractivity contribution in [1.29, 1.82) is 0 Å². The minimum atomic E-state index is -0.180. The number of hydrogen-bond acceptors (Lipinski definition) is 4. The molecule has 1 fully saturated rings. The van der Waals surface area contributed by atoms with Gasteiger partial charge in [-0.2, -0.15) is 0 Å². The number of rotatable bonds is 5. The fourth-order valence-electron chi connectivity index (χ4n) is 1.86. The van der Waals surface area contributed by atoms with Crippen LogP contribution in [0.4, 0.5) is 0 Å². The summed E-state index contributed by atoms with van der Waals surface area (Å²) in [6, 6.07) is -0.0271. The van der Waals surface area contributed by atoms with Gasteiger partial charge >= 0.3 is 0 Å². The van der Waals surface area contributed by atoms with Crippen LogP contribution >= 0.6 is 0 Å². The van der Waals surface area contributed by atoms with E-state index in [9.17, 15) is 4.79 Å². The lowest BCUT2D eigenvalue weighted by atomic mass is 10.1. The van der Waals surface area contributed by atoms with Crippen molar-refractivity contribution in [3.63, 3.8) is 0 Å². The summed E-state index contributed by atoms with van der Waals surface area (Å²) in [6.07, 6.45) is 0.0925. The highest BCUT2D eigenvalue weighted by Crippen LogP contribution is 2.03. The van der Waals surface area contributed by atoms with E-state index < -0.39 is 0 Å². The van der Waals surface area contributed by atoms with Crippen LogP contribution in [0.3, 0.4) is 0 Å². The zero-order valence-corrected chi connectivity index (χ0v) is 11.2. The van der Waals surface area contributed by atoms with Crippen molar-refractivity contribution >= 4 is 5.91 Å². The Hall–Kier alpha value is -0.650. The maximum Gasteiger partial charge on any atom is 0.239 e. The van der Waals surface area contributed by atoms with E-state index in [1.54, 1.807) is 7.11 Å². The van der Waals surface area contributed by atoms with Crippen LogP contribution in [0.1, 0.15) is 20.8 Å². The van der Waals surface area contributed by atoms with E-state index in [0.717, 1.165) is 0 Å². The standard InChI is InChI=1S/C12H24N2O3/c1-9(11(3)16-4)13-10(2)12(15)14-5-7-17-8-6-14/h9-11,13H,5-8H2,1-4H3. The van der Waals surface area contributed by atoms with E-state index in [2.05, 4.69) is 5.32 Å². The first-order valence-corrected chi connectivity index (χ1v) is 6.21. The van der Waals surface area contributed by atoms with Gasteiger partial charge in [0.2, 0.25) is 5.91 Å². The van der Waals surface area contributed by atoms with E-state index in [-0.39, 0.29) is 24.1 Å². The summed E-state index contributed by atoms with van der Waals surface area (Å²) in [4.78, 5) is 14.0. The third-order valence-corrected chi connectivity index (χ3v) is 3.28. The molecule has 0 aliphatic carbocycles. The van der Waals surface area contributed by atoms with Gasteiger partial charge in [0.15, 0.2) is 0 Å². The van der Waals surface area contributed by atoms with Gasteiger partial charge in [0, 0.05) is 26.2 Å².